The normalized spacial score (nSPS) is 14.3. The number of hydrogen-bond donors (Lipinski definition) is 2. The second-order valence-electron chi connectivity index (χ2n) is 6.01. The fourth-order valence-corrected chi connectivity index (χ4v) is 2.37. The molecule has 0 saturated carbocycles. The lowest BCUT2D eigenvalue weighted by atomic mass is 10.0. The molecule has 0 aliphatic rings. The molecule has 0 radical (unpaired) electrons. The topological polar surface area (TPSA) is 75.6 Å². The number of alkyl carbamates (subject to hydrolysis) is 1. The van der Waals surface area contributed by atoms with Crippen molar-refractivity contribution in [1.82, 2.24) is 5.32 Å². The van der Waals surface area contributed by atoms with Crippen LogP contribution in [0, 0.1) is 0 Å². The van der Waals surface area contributed by atoms with Crippen LogP contribution in [0.2, 0.25) is 0 Å². The number of thiophene rings is 1. The molecular formula is C15H23NO4S. The van der Waals surface area contributed by atoms with Gasteiger partial charge in [-0.3, -0.25) is 4.79 Å². The second kappa shape index (κ2) is 7.56. The molecule has 0 bridgehead atoms. The van der Waals surface area contributed by atoms with Crippen LogP contribution in [0.4, 0.5) is 4.79 Å². The molecule has 5 nitrogen and oxygen atoms in total. The van der Waals surface area contributed by atoms with Gasteiger partial charge in [0.05, 0.1) is 0 Å². The fourth-order valence-electron chi connectivity index (χ4n) is 1.69. The van der Waals surface area contributed by atoms with Crippen molar-refractivity contribution in [1.29, 1.82) is 0 Å². The van der Waals surface area contributed by atoms with Crippen molar-refractivity contribution in [2.45, 2.75) is 58.3 Å². The van der Waals surface area contributed by atoms with E-state index in [2.05, 4.69) is 5.32 Å². The minimum atomic E-state index is -1.08. The van der Waals surface area contributed by atoms with E-state index in [0.29, 0.717) is 12.0 Å². The Labute approximate surface area is 129 Å². The number of nitrogens with one attached hydrogen (secondary N) is 1. The number of Topliss-reactive ketones (excluding diaryl/α,β-unsaturated/α-hetero) is 1. The molecule has 0 aliphatic heterocycles. The van der Waals surface area contributed by atoms with Crippen LogP contribution in [0.1, 0.15) is 52.2 Å². The molecule has 0 saturated heterocycles. The van der Waals surface area contributed by atoms with Gasteiger partial charge in [0.1, 0.15) is 11.7 Å². The zero-order valence-corrected chi connectivity index (χ0v) is 13.7. The monoisotopic (exact) mass is 313 g/mol. The third-order valence-electron chi connectivity index (χ3n) is 2.75. The molecule has 2 N–H and O–H groups in total. The number of ether oxygens (including phenoxy) is 1. The number of carbonyl (C=O) groups is 2. The average Bonchev–Trinajstić information content (AvgIpc) is 2.86. The molecular weight excluding hydrogens is 290 g/mol. The van der Waals surface area contributed by atoms with Gasteiger partial charge in [0.15, 0.2) is 5.78 Å². The highest BCUT2D eigenvalue weighted by Gasteiger charge is 2.20. The van der Waals surface area contributed by atoms with E-state index in [4.69, 9.17) is 4.74 Å². The number of rotatable bonds is 6. The van der Waals surface area contributed by atoms with Gasteiger partial charge >= 0.3 is 6.09 Å². The summed E-state index contributed by atoms with van der Waals surface area (Å²) >= 11 is 1.44. The van der Waals surface area contributed by atoms with E-state index in [1.54, 1.807) is 39.1 Å². The highest BCUT2D eigenvalue weighted by atomic mass is 32.1. The van der Waals surface area contributed by atoms with Gasteiger partial charge in [0, 0.05) is 12.5 Å². The van der Waals surface area contributed by atoms with Gasteiger partial charge in [-0.05, 0) is 56.5 Å². The zero-order valence-electron chi connectivity index (χ0n) is 12.9. The summed E-state index contributed by atoms with van der Waals surface area (Å²) in [6.07, 6.45) is -0.918. The van der Waals surface area contributed by atoms with Gasteiger partial charge < -0.3 is 15.2 Å². The summed E-state index contributed by atoms with van der Waals surface area (Å²) in [5.74, 6) is -0.244. The molecule has 0 unspecified atom stereocenters. The molecule has 0 aromatic carbocycles. The third kappa shape index (κ3) is 6.73. The van der Waals surface area contributed by atoms with Crippen LogP contribution >= 0.6 is 11.3 Å². The first-order chi connectivity index (χ1) is 9.69. The predicted molar refractivity (Wildman–Crippen MR) is 82.4 cm³/mol. The van der Waals surface area contributed by atoms with Crippen LogP contribution in [0.3, 0.4) is 0 Å². The Kier molecular flexibility index (Phi) is 6.36. The summed E-state index contributed by atoms with van der Waals surface area (Å²) in [5, 5.41) is 16.1. The Morgan fingerprint density at radius 2 is 2.10 bits per heavy atom. The Hall–Kier alpha value is -1.40. The number of carbonyl (C=O) groups excluding carboxylic acids is 2. The van der Waals surface area contributed by atoms with E-state index >= 15 is 0 Å². The van der Waals surface area contributed by atoms with Crippen LogP contribution in [-0.4, -0.2) is 28.6 Å². The molecule has 118 valence electrons. The first kappa shape index (κ1) is 17.7. The molecule has 0 spiro atoms. The highest BCUT2D eigenvalue weighted by molar-refractivity contribution is 7.08. The first-order valence-corrected chi connectivity index (χ1v) is 7.85. The van der Waals surface area contributed by atoms with Crippen LogP contribution in [0.15, 0.2) is 16.8 Å². The quantitative estimate of drug-likeness (QED) is 0.846. The summed E-state index contributed by atoms with van der Waals surface area (Å²) in [4.78, 5) is 23.4. The molecule has 1 heterocycles. The number of aliphatic hydroxyl groups is 1. The summed E-state index contributed by atoms with van der Waals surface area (Å²) in [7, 11) is 0. The van der Waals surface area contributed by atoms with Crippen molar-refractivity contribution in [2.24, 2.45) is 0 Å². The molecule has 1 rings (SSSR count). The standard InChI is InChI=1S/C15H23NO4S/c1-10(16-14(19)20-15(2,3)4)5-6-12(17)13(18)11-7-8-21-9-11/h7-10,13,18H,5-6H2,1-4H3,(H,16,19)/t10-,13+/m1/s1. The maximum Gasteiger partial charge on any atom is 0.407 e. The summed E-state index contributed by atoms with van der Waals surface area (Å²) in [6.45, 7) is 7.17. The average molecular weight is 313 g/mol. The van der Waals surface area contributed by atoms with E-state index in [0.717, 1.165) is 0 Å². The van der Waals surface area contributed by atoms with Gasteiger partial charge in [0.2, 0.25) is 0 Å². The number of hydrogen-bond acceptors (Lipinski definition) is 5. The second-order valence-corrected chi connectivity index (χ2v) is 6.79. The Morgan fingerprint density at radius 1 is 1.43 bits per heavy atom. The molecule has 6 heteroatoms. The third-order valence-corrected chi connectivity index (χ3v) is 3.45. The lowest BCUT2D eigenvalue weighted by Gasteiger charge is -2.22. The van der Waals surface area contributed by atoms with E-state index in [9.17, 15) is 14.7 Å². The Bertz CT molecular complexity index is 465. The smallest absolute Gasteiger partial charge is 0.407 e. The minimum absolute atomic E-state index is 0.196. The van der Waals surface area contributed by atoms with Crippen molar-refractivity contribution in [2.75, 3.05) is 0 Å². The lowest BCUT2D eigenvalue weighted by Crippen LogP contribution is -2.38. The molecule has 2 atom stereocenters. The van der Waals surface area contributed by atoms with Crippen molar-refractivity contribution in [3.63, 3.8) is 0 Å². The first-order valence-electron chi connectivity index (χ1n) is 6.91. The van der Waals surface area contributed by atoms with Gasteiger partial charge in [-0.25, -0.2) is 4.79 Å². The highest BCUT2D eigenvalue weighted by Crippen LogP contribution is 2.19. The fraction of sp³-hybridized carbons (Fsp3) is 0.600. The predicted octanol–water partition coefficient (Wildman–Crippen LogP) is 3.04. The van der Waals surface area contributed by atoms with Gasteiger partial charge in [-0.2, -0.15) is 11.3 Å². The van der Waals surface area contributed by atoms with E-state index in [-0.39, 0.29) is 18.2 Å². The molecule has 21 heavy (non-hydrogen) atoms. The van der Waals surface area contributed by atoms with E-state index < -0.39 is 17.8 Å². The molecule has 1 amide bonds. The van der Waals surface area contributed by atoms with Gasteiger partial charge in [-0.1, -0.05) is 0 Å². The SMILES string of the molecule is C[C@H](CCC(=O)[C@@H](O)c1ccsc1)NC(=O)OC(C)(C)C. The summed E-state index contributed by atoms with van der Waals surface area (Å²) in [5.41, 5.74) is 0.0761. The van der Waals surface area contributed by atoms with Crippen LogP contribution in [0.5, 0.6) is 0 Å². The van der Waals surface area contributed by atoms with E-state index in [1.807, 2.05) is 5.38 Å². The van der Waals surface area contributed by atoms with Crippen LogP contribution in [-0.2, 0) is 9.53 Å². The zero-order chi connectivity index (χ0) is 16.0. The largest absolute Gasteiger partial charge is 0.444 e. The lowest BCUT2D eigenvalue weighted by molar-refractivity contribution is -0.127. The van der Waals surface area contributed by atoms with Crippen LogP contribution in [0.25, 0.3) is 0 Å². The Morgan fingerprint density at radius 3 is 2.62 bits per heavy atom. The summed E-state index contributed by atoms with van der Waals surface area (Å²) < 4.78 is 5.14. The summed E-state index contributed by atoms with van der Waals surface area (Å²) in [6, 6.07) is 1.54. The van der Waals surface area contributed by atoms with Crippen molar-refractivity contribution in [3.8, 4) is 0 Å². The number of amides is 1. The molecule has 0 fully saturated rings. The molecule has 1 aromatic heterocycles. The van der Waals surface area contributed by atoms with Crippen LogP contribution < -0.4 is 5.32 Å². The number of ketones is 1. The van der Waals surface area contributed by atoms with Gasteiger partial charge in [-0.15, -0.1) is 0 Å². The number of aliphatic hydroxyl groups excluding tert-OH is 1. The maximum atomic E-state index is 11.9. The Balaban J connectivity index is 2.34. The molecule has 0 aliphatic carbocycles. The van der Waals surface area contributed by atoms with Crippen molar-refractivity contribution >= 4 is 23.2 Å². The van der Waals surface area contributed by atoms with Crippen molar-refractivity contribution in [3.05, 3.63) is 22.4 Å². The van der Waals surface area contributed by atoms with Gasteiger partial charge in [0.25, 0.3) is 0 Å². The maximum absolute atomic E-state index is 11.9. The van der Waals surface area contributed by atoms with E-state index in [1.165, 1.54) is 11.3 Å². The van der Waals surface area contributed by atoms with Crippen molar-refractivity contribution < 1.29 is 19.4 Å². The molecule has 1 aromatic rings. The minimum Gasteiger partial charge on any atom is -0.444 e.